The van der Waals surface area contributed by atoms with Crippen molar-refractivity contribution in [3.05, 3.63) is 0 Å². The molecule has 2 heteroatoms. The Morgan fingerprint density at radius 1 is 0.818 bits per heavy atom. The molecule has 0 spiro atoms. The zero-order valence-electron chi connectivity index (χ0n) is 15.6. The van der Waals surface area contributed by atoms with Gasteiger partial charge in [0.2, 0.25) is 0 Å². The number of unbranched alkanes of at least 4 members (excludes halogenated alkanes) is 4. The van der Waals surface area contributed by atoms with Crippen molar-refractivity contribution in [1.29, 1.82) is 0 Å². The van der Waals surface area contributed by atoms with Gasteiger partial charge in [-0.05, 0) is 24.7 Å². The van der Waals surface area contributed by atoms with Gasteiger partial charge in [0.15, 0.2) is 0 Å². The molecule has 0 aromatic heterocycles. The van der Waals surface area contributed by atoms with Crippen LogP contribution in [0.25, 0.3) is 0 Å². The lowest BCUT2D eigenvalue weighted by molar-refractivity contribution is -0.143. The highest BCUT2D eigenvalue weighted by Gasteiger charge is 2.24. The average molecular weight is 313 g/mol. The normalized spacial score (nSPS) is 15.5. The fourth-order valence-electron chi connectivity index (χ4n) is 3.50. The third-order valence-corrected chi connectivity index (χ3v) is 4.87. The quantitative estimate of drug-likeness (QED) is 0.342. The summed E-state index contributed by atoms with van der Waals surface area (Å²) in [5.74, 6) is 0.456. The average Bonchev–Trinajstić information content (AvgIpc) is 2.48. The summed E-state index contributed by atoms with van der Waals surface area (Å²) in [5, 5.41) is 9.57. The monoisotopic (exact) mass is 312 g/mol. The minimum absolute atomic E-state index is 0.130. The van der Waals surface area contributed by atoms with Gasteiger partial charge in [-0.1, -0.05) is 91.9 Å². The van der Waals surface area contributed by atoms with E-state index in [4.69, 9.17) is 0 Å². The first-order valence-corrected chi connectivity index (χ1v) is 9.77. The lowest BCUT2D eigenvalue weighted by Crippen LogP contribution is -2.20. The molecule has 0 heterocycles. The van der Waals surface area contributed by atoms with Crippen molar-refractivity contribution < 1.29 is 9.90 Å². The molecule has 3 unspecified atom stereocenters. The van der Waals surface area contributed by atoms with Gasteiger partial charge in [-0.15, -0.1) is 0 Å². The van der Waals surface area contributed by atoms with Crippen LogP contribution in [0.15, 0.2) is 0 Å². The van der Waals surface area contributed by atoms with Crippen LogP contribution in [0.3, 0.4) is 0 Å². The molecule has 0 aliphatic heterocycles. The largest absolute Gasteiger partial charge is 0.481 e. The first-order chi connectivity index (χ1) is 10.5. The van der Waals surface area contributed by atoms with E-state index in [0.717, 1.165) is 12.8 Å². The molecular weight excluding hydrogens is 272 g/mol. The molecule has 0 aromatic carbocycles. The van der Waals surface area contributed by atoms with E-state index < -0.39 is 5.97 Å². The van der Waals surface area contributed by atoms with Crippen LogP contribution in [0.2, 0.25) is 0 Å². The molecule has 132 valence electrons. The van der Waals surface area contributed by atoms with E-state index in [1.165, 1.54) is 64.2 Å². The van der Waals surface area contributed by atoms with Crippen molar-refractivity contribution in [3.8, 4) is 0 Å². The highest BCUT2D eigenvalue weighted by molar-refractivity contribution is 5.69. The van der Waals surface area contributed by atoms with Crippen molar-refractivity contribution in [2.24, 2.45) is 17.8 Å². The first kappa shape index (κ1) is 21.5. The highest BCUT2D eigenvalue weighted by atomic mass is 16.4. The van der Waals surface area contributed by atoms with Gasteiger partial charge >= 0.3 is 5.97 Å². The standard InChI is InChI=1S/C20H40O2/c1-5-8-10-11-13-17(4)15-19(20(21)22)16-18(12-7-3)14-9-6-2/h17-19H,5-16H2,1-4H3,(H,21,22). The molecule has 0 amide bonds. The maximum atomic E-state index is 11.6. The minimum Gasteiger partial charge on any atom is -0.481 e. The number of carbonyl (C=O) groups is 1. The summed E-state index contributed by atoms with van der Waals surface area (Å²) in [4.78, 5) is 11.6. The van der Waals surface area contributed by atoms with Gasteiger partial charge in [-0.25, -0.2) is 0 Å². The fraction of sp³-hybridized carbons (Fsp3) is 0.950. The van der Waals surface area contributed by atoms with E-state index in [0.29, 0.717) is 11.8 Å². The number of carboxylic acid groups (broad SMARTS) is 1. The van der Waals surface area contributed by atoms with Crippen molar-refractivity contribution in [2.75, 3.05) is 0 Å². The van der Waals surface area contributed by atoms with Crippen LogP contribution < -0.4 is 0 Å². The molecule has 0 aliphatic rings. The van der Waals surface area contributed by atoms with Gasteiger partial charge < -0.3 is 5.11 Å². The van der Waals surface area contributed by atoms with Crippen LogP contribution in [0.1, 0.15) is 105 Å². The van der Waals surface area contributed by atoms with E-state index in [9.17, 15) is 9.90 Å². The maximum absolute atomic E-state index is 11.6. The van der Waals surface area contributed by atoms with E-state index in [-0.39, 0.29) is 5.92 Å². The van der Waals surface area contributed by atoms with E-state index in [1.807, 2.05) is 0 Å². The molecule has 0 aliphatic carbocycles. The maximum Gasteiger partial charge on any atom is 0.306 e. The predicted molar refractivity (Wildman–Crippen MR) is 96.2 cm³/mol. The van der Waals surface area contributed by atoms with E-state index in [1.54, 1.807) is 0 Å². The molecule has 0 bridgehead atoms. The minimum atomic E-state index is -0.571. The molecule has 0 rings (SSSR count). The van der Waals surface area contributed by atoms with Crippen LogP contribution in [0.5, 0.6) is 0 Å². The number of carboxylic acids is 1. The highest BCUT2D eigenvalue weighted by Crippen LogP contribution is 2.28. The summed E-state index contributed by atoms with van der Waals surface area (Å²) in [6, 6.07) is 0. The summed E-state index contributed by atoms with van der Waals surface area (Å²) in [6.07, 6.45) is 14.1. The van der Waals surface area contributed by atoms with Crippen molar-refractivity contribution in [2.45, 2.75) is 105 Å². The van der Waals surface area contributed by atoms with Crippen molar-refractivity contribution in [3.63, 3.8) is 0 Å². The van der Waals surface area contributed by atoms with Gasteiger partial charge in [0, 0.05) is 0 Å². The third kappa shape index (κ3) is 11.1. The Morgan fingerprint density at radius 2 is 1.50 bits per heavy atom. The van der Waals surface area contributed by atoms with Crippen LogP contribution in [-0.4, -0.2) is 11.1 Å². The zero-order valence-corrected chi connectivity index (χ0v) is 15.6. The summed E-state index contributed by atoms with van der Waals surface area (Å²) in [5.41, 5.74) is 0. The number of aliphatic carboxylic acids is 1. The Bertz CT molecular complexity index is 262. The van der Waals surface area contributed by atoms with Crippen LogP contribution in [0.4, 0.5) is 0 Å². The summed E-state index contributed by atoms with van der Waals surface area (Å²) >= 11 is 0. The molecule has 0 radical (unpaired) electrons. The topological polar surface area (TPSA) is 37.3 Å². The Labute approximate surface area is 139 Å². The van der Waals surface area contributed by atoms with Gasteiger partial charge in [0.1, 0.15) is 0 Å². The number of rotatable bonds is 15. The Morgan fingerprint density at radius 3 is 2.05 bits per heavy atom. The molecule has 1 N–H and O–H groups in total. The molecule has 0 aromatic rings. The molecular formula is C20H40O2. The Hall–Kier alpha value is -0.530. The summed E-state index contributed by atoms with van der Waals surface area (Å²) in [6.45, 7) is 8.90. The predicted octanol–water partition coefficient (Wildman–Crippen LogP) is 6.68. The first-order valence-electron chi connectivity index (χ1n) is 9.77. The third-order valence-electron chi connectivity index (χ3n) is 4.87. The van der Waals surface area contributed by atoms with Crippen molar-refractivity contribution >= 4 is 5.97 Å². The number of hydrogen-bond acceptors (Lipinski definition) is 1. The zero-order chi connectivity index (χ0) is 16.8. The fourth-order valence-corrected chi connectivity index (χ4v) is 3.50. The second kappa shape index (κ2) is 14.1. The summed E-state index contributed by atoms with van der Waals surface area (Å²) < 4.78 is 0. The Kier molecular flexibility index (Phi) is 13.7. The molecule has 3 atom stereocenters. The molecule has 22 heavy (non-hydrogen) atoms. The Balaban J connectivity index is 4.28. The smallest absolute Gasteiger partial charge is 0.306 e. The van der Waals surface area contributed by atoms with Gasteiger partial charge in [0.25, 0.3) is 0 Å². The lowest BCUT2D eigenvalue weighted by Gasteiger charge is -2.23. The van der Waals surface area contributed by atoms with Crippen LogP contribution >= 0.6 is 0 Å². The second-order valence-corrected chi connectivity index (χ2v) is 7.26. The van der Waals surface area contributed by atoms with Gasteiger partial charge in [0.05, 0.1) is 5.92 Å². The van der Waals surface area contributed by atoms with Gasteiger partial charge in [-0.3, -0.25) is 4.79 Å². The second-order valence-electron chi connectivity index (χ2n) is 7.26. The summed E-state index contributed by atoms with van der Waals surface area (Å²) in [7, 11) is 0. The van der Waals surface area contributed by atoms with E-state index >= 15 is 0 Å². The lowest BCUT2D eigenvalue weighted by atomic mass is 9.82. The van der Waals surface area contributed by atoms with E-state index in [2.05, 4.69) is 27.7 Å². The molecule has 0 saturated heterocycles. The van der Waals surface area contributed by atoms with Crippen LogP contribution in [0, 0.1) is 17.8 Å². The SMILES string of the molecule is CCCCCCC(C)CC(CC(CCC)CCCC)C(=O)O. The van der Waals surface area contributed by atoms with Crippen molar-refractivity contribution in [1.82, 2.24) is 0 Å². The number of hydrogen-bond donors (Lipinski definition) is 1. The molecule has 0 saturated carbocycles. The van der Waals surface area contributed by atoms with Gasteiger partial charge in [-0.2, -0.15) is 0 Å². The van der Waals surface area contributed by atoms with Crippen LogP contribution in [-0.2, 0) is 4.79 Å². The molecule has 0 fully saturated rings. The molecule has 2 nitrogen and oxygen atoms in total.